The molecule has 1 aromatic heterocycles. The third-order valence-electron chi connectivity index (χ3n) is 2.05. The molecule has 0 unspecified atom stereocenters. The second-order valence-corrected chi connectivity index (χ2v) is 4.02. The summed E-state index contributed by atoms with van der Waals surface area (Å²) in [7, 11) is 0. The van der Waals surface area contributed by atoms with Gasteiger partial charge in [0.15, 0.2) is 0 Å². The van der Waals surface area contributed by atoms with Gasteiger partial charge in [0.05, 0.1) is 0 Å². The van der Waals surface area contributed by atoms with Crippen LogP contribution in [0.4, 0.5) is 5.82 Å². The Hall–Kier alpha value is -1.68. The fraction of sp³-hybridized carbons (Fsp3) is 0.0833. The Kier molecular flexibility index (Phi) is 3.31. The number of pyridine rings is 1. The molecular formula is C12H12N2OS. The third kappa shape index (κ3) is 2.46. The van der Waals surface area contributed by atoms with Crippen molar-refractivity contribution in [3.05, 3.63) is 42.6 Å². The van der Waals surface area contributed by atoms with Crippen molar-refractivity contribution in [1.29, 1.82) is 0 Å². The van der Waals surface area contributed by atoms with E-state index in [2.05, 4.69) is 4.98 Å². The van der Waals surface area contributed by atoms with Crippen molar-refractivity contribution in [2.75, 3.05) is 12.0 Å². The number of thioether (sulfide) groups is 1. The van der Waals surface area contributed by atoms with Gasteiger partial charge in [-0.05, 0) is 24.5 Å². The van der Waals surface area contributed by atoms with Crippen molar-refractivity contribution in [2.24, 2.45) is 0 Å². The average molecular weight is 232 g/mol. The maximum absolute atomic E-state index is 5.74. The minimum absolute atomic E-state index is 0.458. The third-order valence-corrected chi connectivity index (χ3v) is 2.83. The lowest BCUT2D eigenvalue weighted by Crippen LogP contribution is -1.91. The van der Waals surface area contributed by atoms with Crippen LogP contribution in [0.25, 0.3) is 0 Å². The van der Waals surface area contributed by atoms with Crippen molar-refractivity contribution in [3.8, 4) is 11.5 Å². The van der Waals surface area contributed by atoms with E-state index >= 15 is 0 Å². The zero-order chi connectivity index (χ0) is 11.4. The summed E-state index contributed by atoms with van der Waals surface area (Å²) in [5.41, 5.74) is 5.59. The Morgan fingerprint density at radius 1 is 1.25 bits per heavy atom. The minimum Gasteiger partial charge on any atom is -0.456 e. The molecule has 0 bridgehead atoms. The van der Waals surface area contributed by atoms with E-state index in [1.807, 2.05) is 30.5 Å². The molecule has 0 spiro atoms. The fourth-order valence-electron chi connectivity index (χ4n) is 1.32. The number of rotatable bonds is 3. The van der Waals surface area contributed by atoms with E-state index in [9.17, 15) is 0 Å². The Morgan fingerprint density at radius 2 is 2.06 bits per heavy atom. The number of nitrogen functional groups attached to an aromatic ring is 1. The molecule has 0 aliphatic carbocycles. The molecule has 2 aromatic rings. The lowest BCUT2D eigenvalue weighted by molar-refractivity contribution is 0.471. The van der Waals surface area contributed by atoms with Crippen molar-refractivity contribution in [1.82, 2.24) is 4.98 Å². The summed E-state index contributed by atoms with van der Waals surface area (Å²) in [4.78, 5) is 5.01. The van der Waals surface area contributed by atoms with Gasteiger partial charge < -0.3 is 10.5 Å². The molecule has 2 rings (SSSR count). The SMILES string of the molecule is CSc1ccccc1Oc1ccnc(N)c1. The van der Waals surface area contributed by atoms with Crippen LogP contribution in [0.2, 0.25) is 0 Å². The number of aromatic nitrogens is 1. The maximum Gasteiger partial charge on any atom is 0.140 e. The van der Waals surface area contributed by atoms with Crippen LogP contribution in [0.15, 0.2) is 47.5 Å². The second kappa shape index (κ2) is 4.90. The highest BCUT2D eigenvalue weighted by atomic mass is 32.2. The van der Waals surface area contributed by atoms with Crippen LogP contribution >= 0.6 is 11.8 Å². The number of hydrogen-bond acceptors (Lipinski definition) is 4. The van der Waals surface area contributed by atoms with Crippen LogP contribution in [0.3, 0.4) is 0 Å². The van der Waals surface area contributed by atoms with E-state index in [0.29, 0.717) is 11.6 Å². The monoisotopic (exact) mass is 232 g/mol. The Labute approximate surface area is 98.6 Å². The summed E-state index contributed by atoms with van der Waals surface area (Å²) in [5.74, 6) is 1.99. The van der Waals surface area contributed by atoms with Crippen molar-refractivity contribution < 1.29 is 4.74 Å². The first-order valence-corrected chi connectivity index (χ1v) is 6.04. The van der Waals surface area contributed by atoms with E-state index < -0.39 is 0 Å². The highest BCUT2D eigenvalue weighted by molar-refractivity contribution is 7.98. The molecule has 0 aliphatic rings. The van der Waals surface area contributed by atoms with Gasteiger partial charge in [0.2, 0.25) is 0 Å². The number of para-hydroxylation sites is 1. The van der Waals surface area contributed by atoms with Crippen LogP contribution < -0.4 is 10.5 Å². The van der Waals surface area contributed by atoms with Gasteiger partial charge in [-0.25, -0.2) is 4.98 Å². The Balaban J connectivity index is 2.26. The summed E-state index contributed by atoms with van der Waals surface area (Å²) >= 11 is 1.65. The number of ether oxygens (including phenoxy) is 1. The molecule has 0 radical (unpaired) electrons. The van der Waals surface area contributed by atoms with Gasteiger partial charge in [0.1, 0.15) is 17.3 Å². The topological polar surface area (TPSA) is 48.1 Å². The minimum atomic E-state index is 0.458. The highest BCUT2D eigenvalue weighted by Gasteiger charge is 2.03. The first-order valence-electron chi connectivity index (χ1n) is 4.82. The van der Waals surface area contributed by atoms with Gasteiger partial charge in [0.25, 0.3) is 0 Å². The van der Waals surface area contributed by atoms with Crippen LogP contribution in [0.1, 0.15) is 0 Å². The summed E-state index contributed by atoms with van der Waals surface area (Å²) in [6, 6.07) is 11.4. The van der Waals surface area contributed by atoms with Crippen molar-refractivity contribution in [2.45, 2.75) is 4.90 Å². The molecule has 0 aliphatic heterocycles. The maximum atomic E-state index is 5.74. The quantitative estimate of drug-likeness (QED) is 0.826. The summed E-state index contributed by atoms with van der Waals surface area (Å²) in [6.45, 7) is 0. The van der Waals surface area contributed by atoms with Gasteiger partial charge in [-0.3, -0.25) is 0 Å². The number of benzene rings is 1. The van der Waals surface area contributed by atoms with E-state index in [1.165, 1.54) is 0 Å². The zero-order valence-corrected chi connectivity index (χ0v) is 9.70. The molecule has 0 amide bonds. The molecule has 16 heavy (non-hydrogen) atoms. The van der Waals surface area contributed by atoms with Gasteiger partial charge in [-0.2, -0.15) is 0 Å². The van der Waals surface area contributed by atoms with Crippen molar-refractivity contribution >= 4 is 17.6 Å². The van der Waals surface area contributed by atoms with Crippen LogP contribution in [0.5, 0.6) is 11.5 Å². The second-order valence-electron chi connectivity index (χ2n) is 3.17. The number of hydrogen-bond donors (Lipinski definition) is 1. The molecule has 1 heterocycles. The predicted molar refractivity (Wildman–Crippen MR) is 66.9 cm³/mol. The molecule has 0 fully saturated rings. The average Bonchev–Trinajstić information content (AvgIpc) is 2.30. The van der Waals surface area contributed by atoms with E-state index in [-0.39, 0.29) is 0 Å². The number of nitrogens with two attached hydrogens (primary N) is 1. The lowest BCUT2D eigenvalue weighted by atomic mass is 10.3. The predicted octanol–water partition coefficient (Wildman–Crippen LogP) is 3.18. The van der Waals surface area contributed by atoms with Gasteiger partial charge in [-0.1, -0.05) is 12.1 Å². The fourth-order valence-corrected chi connectivity index (χ4v) is 1.85. The van der Waals surface area contributed by atoms with E-state index in [4.69, 9.17) is 10.5 Å². The van der Waals surface area contributed by atoms with Crippen LogP contribution in [-0.2, 0) is 0 Å². The smallest absolute Gasteiger partial charge is 0.140 e. The standard InChI is InChI=1S/C12H12N2OS/c1-16-11-5-3-2-4-10(11)15-9-6-7-14-12(13)8-9/h2-8H,1H3,(H2,13,14). The number of nitrogens with zero attached hydrogens (tertiary/aromatic N) is 1. The largest absolute Gasteiger partial charge is 0.456 e. The van der Waals surface area contributed by atoms with Gasteiger partial charge >= 0.3 is 0 Å². The molecule has 0 atom stereocenters. The zero-order valence-electron chi connectivity index (χ0n) is 8.88. The molecule has 4 heteroatoms. The number of anilines is 1. The summed E-state index contributed by atoms with van der Waals surface area (Å²) in [6.07, 6.45) is 3.65. The van der Waals surface area contributed by atoms with E-state index in [1.54, 1.807) is 30.1 Å². The Bertz CT molecular complexity index is 488. The molecule has 3 nitrogen and oxygen atoms in total. The first-order chi connectivity index (χ1) is 7.79. The molecule has 82 valence electrons. The highest BCUT2D eigenvalue weighted by Crippen LogP contribution is 2.31. The van der Waals surface area contributed by atoms with Gasteiger partial charge in [0, 0.05) is 17.2 Å². The van der Waals surface area contributed by atoms with Gasteiger partial charge in [-0.15, -0.1) is 11.8 Å². The molecule has 0 saturated carbocycles. The normalized spacial score (nSPS) is 10.1. The lowest BCUT2D eigenvalue weighted by Gasteiger charge is -2.09. The van der Waals surface area contributed by atoms with Crippen LogP contribution in [-0.4, -0.2) is 11.2 Å². The molecule has 1 aromatic carbocycles. The molecule has 2 N–H and O–H groups in total. The van der Waals surface area contributed by atoms with Crippen LogP contribution in [0, 0.1) is 0 Å². The summed E-state index contributed by atoms with van der Waals surface area (Å²) in [5, 5.41) is 0. The van der Waals surface area contributed by atoms with E-state index in [0.717, 1.165) is 10.6 Å². The molecule has 0 saturated heterocycles. The Morgan fingerprint density at radius 3 is 2.81 bits per heavy atom. The first kappa shape index (κ1) is 10.8. The van der Waals surface area contributed by atoms with Crippen molar-refractivity contribution in [3.63, 3.8) is 0 Å². The molecular weight excluding hydrogens is 220 g/mol. The summed E-state index contributed by atoms with van der Waals surface area (Å²) < 4.78 is 5.74.